The Labute approximate surface area is 178 Å². The van der Waals surface area contributed by atoms with E-state index in [1.54, 1.807) is 12.1 Å². The molecule has 1 atom stereocenters. The van der Waals surface area contributed by atoms with Crippen molar-refractivity contribution in [1.82, 2.24) is 15.1 Å². The molecule has 1 aliphatic heterocycles. The molecule has 0 spiro atoms. The van der Waals surface area contributed by atoms with Crippen molar-refractivity contribution in [1.29, 1.82) is 0 Å². The van der Waals surface area contributed by atoms with Crippen LogP contribution in [-0.2, 0) is 22.5 Å². The second-order valence-corrected chi connectivity index (χ2v) is 7.70. The minimum absolute atomic E-state index is 0.0322. The van der Waals surface area contributed by atoms with Crippen LogP contribution in [0, 0.1) is 0 Å². The Kier molecular flexibility index (Phi) is 7.99. The highest BCUT2D eigenvalue weighted by Gasteiger charge is 2.25. The number of nitrogens with one attached hydrogen (secondary N) is 1. The maximum absolute atomic E-state index is 12.6. The van der Waals surface area contributed by atoms with E-state index in [-0.39, 0.29) is 17.9 Å². The van der Waals surface area contributed by atoms with Crippen LogP contribution in [0.1, 0.15) is 28.4 Å². The molecule has 0 radical (unpaired) electrons. The zero-order valence-corrected chi connectivity index (χ0v) is 17.8. The van der Waals surface area contributed by atoms with E-state index in [0.717, 1.165) is 44.7 Å². The quantitative estimate of drug-likeness (QED) is 0.678. The van der Waals surface area contributed by atoms with Crippen LogP contribution in [-0.4, -0.2) is 67.6 Å². The van der Waals surface area contributed by atoms with Gasteiger partial charge in [0.25, 0.3) is 0 Å². The van der Waals surface area contributed by atoms with E-state index in [1.807, 2.05) is 25.1 Å². The van der Waals surface area contributed by atoms with Crippen LogP contribution in [0.25, 0.3) is 0 Å². The second kappa shape index (κ2) is 10.9. The van der Waals surface area contributed by atoms with Crippen LogP contribution < -0.4 is 5.32 Å². The van der Waals surface area contributed by atoms with Gasteiger partial charge in [-0.3, -0.25) is 9.69 Å². The number of benzene rings is 2. The molecule has 2 aromatic rings. The Hall–Kier alpha value is -2.70. The average Bonchev–Trinajstić information content (AvgIpc) is 2.81. The highest BCUT2D eigenvalue weighted by molar-refractivity contribution is 5.89. The standard InChI is InChI=1S/C24H31N3O3/c1-19(23(28)25-18-21-8-10-22(11-9-21)24(29)30-2)27-16-14-26(15-17-27)13-12-20-6-4-3-5-7-20/h3-11,19H,12-18H2,1-2H3,(H,25,28). The Morgan fingerprint density at radius 2 is 1.63 bits per heavy atom. The summed E-state index contributed by atoms with van der Waals surface area (Å²) in [4.78, 5) is 28.8. The summed E-state index contributed by atoms with van der Waals surface area (Å²) in [7, 11) is 1.36. The van der Waals surface area contributed by atoms with E-state index in [1.165, 1.54) is 12.7 Å². The third-order valence-electron chi connectivity index (χ3n) is 5.74. The van der Waals surface area contributed by atoms with Gasteiger partial charge < -0.3 is 15.0 Å². The molecule has 0 bridgehead atoms. The van der Waals surface area contributed by atoms with Gasteiger partial charge in [0.2, 0.25) is 5.91 Å². The molecule has 0 saturated carbocycles. The van der Waals surface area contributed by atoms with Gasteiger partial charge in [0.15, 0.2) is 0 Å². The Bertz CT molecular complexity index is 815. The second-order valence-electron chi connectivity index (χ2n) is 7.70. The fraction of sp³-hybridized carbons (Fsp3) is 0.417. The summed E-state index contributed by atoms with van der Waals surface area (Å²) >= 11 is 0. The number of piperazine rings is 1. The van der Waals surface area contributed by atoms with Gasteiger partial charge in [0.05, 0.1) is 18.7 Å². The molecular formula is C24H31N3O3. The molecule has 160 valence electrons. The molecule has 1 saturated heterocycles. The molecule has 1 aliphatic rings. The molecule has 2 aromatic carbocycles. The lowest BCUT2D eigenvalue weighted by Gasteiger charge is -2.37. The van der Waals surface area contributed by atoms with Crippen LogP contribution >= 0.6 is 0 Å². The van der Waals surface area contributed by atoms with Crippen LogP contribution in [0.2, 0.25) is 0 Å². The van der Waals surface area contributed by atoms with Crippen molar-refractivity contribution in [2.75, 3.05) is 39.8 Å². The zero-order chi connectivity index (χ0) is 21.3. The van der Waals surface area contributed by atoms with E-state index in [9.17, 15) is 9.59 Å². The first-order valence-electron chi connectivity index (χ1n) is 10.5. The lowest BCUT2D eigenvalue weighted by Crippen LogP contribution is -2.54. The number of amides is 1. The summed E-state index contributed by atoms with van der Waals surface area (Å²) < 4.78 is 4.70. The van der Waals surface area contributed by atoms with E-state index >= 15 is 0 Å². The predicted octanol–water partition coefficient (Wildman–Crippen LogP) is 2.34. The predicted molar refractivity (Wildman–Crippen MR) is 117 cm³/mol. The molecule has 6 heteroatoms. The molecule has 1 amide bonds. The van der Waals surface area contributed by atoms with Gasteiger partial charge in [-0.05, 0) is 36.6 Å². The Balaban J connectivity index is 1.39. The first-order valence-corrected chi connectivity index (χ1v) is 10.5. The minimum atomic E-state index is -0.359. The van der Waals surface area contributed by atoms with Crippen molar-refractivity contribution in [3.63, 3.8) is 0 Å². The Morgan fingerprint density at radius 1 is 0.967 bits per heavy atom. The third-order valence-corrected chi connectivity index (χ3v) is 5.74. The summed E-state index contributed by atoms with van der Waals surface area (Å²) in [6, 6.07) is 17.5. The molecule has 1 fully saturated rings. The summed E-state index contributed by atoms with van der Waals surface area (Å²) in [5, 5.41) is 3.01. The average molecular weight is 410 g/mol. The summed E-state index contributed by atoms with van der Waals surface area (Å²) in [5.41, 5.74) is 2.83. The van der Waals surface area contributed by atoms with Crippen molar-refractivity contribution in [2.24, 2.45) is 0 Å². The van der Waals surface area contributed by atoms with Gasteiger partial charge in [-0.15, -0.1) is 0 Å². The maximum atomic E-state index is 12.6. The van der Waals surface area contributed by atoms with Crippen molar-refractivity contribution in [3.8, 4) is 0 Å². The van der Waals surface area contributed by atoms with Crippen molar-refractivity contribution < 1.29 is 14.3 Å². The molecule has 1 heterocycles. The largest absolute Gasteiger partial charge is 0.465 e. The van der Waals surface area contributed by atoms with Gasteiger partial charge in [-0.25, -0.2) is 4.79 Å². The summed E-state index contributed by atoms with van der Waals surface area (Å²) in [6.07, 6.45) is 1.06. The third kappa shape index (κ3) is 6.15. The number of carbonyl (C=O) groups is 2. The molecular weight excluding hydrogens is 378 g/mol. The first-order chi connectivity index (χ1) is 14.6. The zero-order valence-electron chi connectivity index (χ0n) is 17.8. The maximum Gasteiger partial charge on any atom is 0.337 e. The molecule has 1 N–H and O–H groups in total. The van der Waals surface area contributed by atoms with Gasteiger partial charge >= 0.3 is 5.97 Å². The molecule has 0 aromatic heterocycles. The normalized spacial score (nSPS) is 16.1. The smallest absolute Gasteiger partial charge is 0.337 e. The fourth-order valence-corrected chi connectivity index (χ4v) is 3.69. The Morgan fingerprint density at radius 3 is 2.27 bits per heavy atom. The number of esters is 1. The lowest BCUT2D eigenvalue weighted by molar-refractivity contribution is -0.126. The van der Waals surface area contributed by atoms with E-state index in [4.69, 9.17) is 4.74 Å². The van der Waals surface area contributed by atoms with E-state index in [2.05, 4.69) is 39.4 Å². The highest BCUT2D eigenvalue weighted by atomic mass is 16.5. The minimum Gasteiger partial charge on any atom is -0.465 e. The molecule has 6 nitrogen and oxygen atoms in total. The van der Waals surface area contributed by atoms with Crippen LogP contribution in [0.3, 0.4) is 0 Å². The number of ether oxygens (including phenoxy) is 1. The lowest BCUT2D eigenvalue weighted by atomic mass is 10.1. The van der Waals surface area contributed by atoms with Gasteiger partial charge in [0, 0.05) is 39.3 Å². The van der Waals surface area contributed by atoms with E-state index < -0.39 is 0 Å². The topological polar surface area (TPSA) is 61.9 Å². The number of carbonyl (C=O) groups excluding carboxylic acids is 2. The number of methoxy groups -OCH3 is 1. The summed E-state index contributed by atoms with van der Waals surface area (Å²) in [6.45, 7) is 7.24. The molecule has 0 aliphatic carbocycles. The van der Waals surface area contributed by atoms with Crippen LogP contribution in [0.4, 0.5) is 0 Å². The number of hydrogen-bond acceptors (Lipinski definition) is 5. The fourth-order valence-electron chi connectivity index (χ4n) is 3.69. The van der Waals surface area contributed by atoms with Crippen LogP contribution in [0.5, 0.6) is 0 Å². The number of nitrogens with zero attached hydrogens (tertiary/aromatic N) is 2. The monoisotopic (exact) mass is 409 g/mol. The number of hydrogen-bond donors (Lipinski definition) is 1. The van der Waals surface area contributed by atoms with Crippen molar-refractivity contribution in [2.45, 2.75) is 25.9 Å². The van der Waals surface area contributed by atoms with Crippen LogP contribution in [0.15, 0.2) is 54.6 Å². The highest BCUT2D eigenvalue weighted by Crippen LogP contribution is 2.10. The number of rotatable bonds is 8. The molecule has 1 unspecified atom stereocenters. The van der Waals surface area contributed by atoms with Gasteiger partial charge in [0.1, 0.15) is 0 Å². The SMILES string of the molecule is COC(=O)c1ccc(CNC(=O)C(C)N2CCN(CCc3ccccc3)CC2)cc1. The van der Waals surface area contributed by atoms with Crippen molar-refractivity contribution in [3.05, 3.63) is 71.3 Å². The first kappa shape index (κ1) is 22.0. The van der Waals surface area contributed by atoms with Crippen molar-refractivity contribution >= 4 is 11.9 Å². The summed E-state index contributed by atoms with van der Waals surface area (Å²) in [5.74, 6) is -0.327. The molecule has 3 rings (SSSR count). The van der Waals surface area contributed by atoms with Gasteiger partial charge in [-0.1, -0.05) is 42.5 Å². The van der Waals surface area contributed by atoms with E-state index in [0.29, 0.717) is 12.1 Å². The molecule has 30 heavy (non-hydrogen) atoms. The van der Waals surface area contributed by atoms with Gasteiger partial charge in [-0.2, -0.15) is 0 Å².